The molecule has 2 aromatic carbocycles. The van der Waals surface area contributed by atoms with Gasteiger partial charge in [0.25, 0.3) is 5.91 Å². The predicted molar refractivity (Wildman–Crippen MR) is 152 cm³/mol. The highest BCUT2D eigenvalue weighted by Gasteiger charge is 2.38. The highest BCUT2D eigenvalue weighted by molar-refractivity contribution is 6.39. The minimum Gasteiger partial charge on any atom is -0.345 e. The van der Waals surface area contributed by atoms with Crippen molar-refractivity contribution in [2.24, 2.45) is 5.92 Å². The van der Waals surface area contributed by atoms with Crippen molar-refractivity contribution >= 4 is 33.9 Å². The topological polar surface area (TPSA) is 134 Å². The Labute approximate surface area is 237 Å². The third-order valence-corrected chi connectivity index (χ3v) is 6.69. The third-order valence-electron chi connectivity index (χ3n) is 6.14. The quantitative estimate of drug-likeness (QED) is 0.188. The molecule has 0 saturated carbocycles. The van der Waals surface area contributed by atoms with Gasteiger partial charge in [-0.3, -0.25) is 14.4 Å². The van der Waals surface area contributed by atoms with E-state index in [4.69, 9.17) is 0 Å². The summed E-state index contributed by atoms with van der Waals surface area (Å²) in [6.45, 7) is 5.93. The molecule has 0 spiro atoms. The fourth-order valence-electron chi connectivity index (χ4n) is 4.08. The number of aromatic nitrogens is 2. The summed E-state index contributed by atoms with van der Waals surface area (Å²) in [4.78, 5) is 51.6. The largest absolute Gasteiger partial charge is 0.345 e. The van der Waals surface area contributed by atoms with Gasteiger partial charge in [0.15, 0.2) is 0 Å². The highest BCUT2D eigenvalue weighted by Crippen LogP contribution is 2.15. The van der Waals surface area contributed by atoms with Crippen molar-refractivity contribution in [2.45, 2.75) is 57.9 Å². The second kappa shape index (κ2) is 14.2. The molecule has 1 heterocycles. The van der Waals surface area contributed by atoms with Crippen LogP contribution in [-0.4, -0.2) is 54.9 Å². The molecule has 0 saturated heterocycles. The Hall–Kier alpha value is -4.25. The Morgan fingerprint density at radius 3 is 2.17 bits per heavy atom. The molecule has 2 atom stereocenters. The Balaban J connectivity index is 1.57. The van der Waals surface area contributed by atoms with E-state index in [1.165, 1.54) is 0 Å². The van der Waals surface area contributed by atoms with Gasteiger partial charge in [-0.1, -0.05) is 63.2 Å². The van der Waals surface area contributed by atoms with Crippen molar-refractivity contribution in [1.82, 2.24) is 31.0 Å². The zero-order valence-electron chi connectivity index (χ0n) is 22.9. The number of Topliss-reactive ketones (excluding diaryl/α,β-unsaturated/α-hetero) is 1. The molecule has 10 nitrogen and oxygen atoms in total. The van der Waals surface area contributed by atoms with Crippen LogP contribution in [0.4, 0.5) is 4.79 Å². The van der Waals surface area contributed by atoms with Crippen LogP contribution in [0.2, 0.25) is 0 Å². The summed E-state index contributed by atoms with van der Waals surface area (Å²) in [7, 11) is 3.47. The molecule has 1 unspecified atom stereocenters. The number of urea groups is 1. The van der Waals surface area contributed by atoms with Crippen LogP contribution in [-0.2, 0) is 27.5 Å². The number of hydrogen-bond donors (Lipinski definition) is 4. The summed E-state index contributed by atoms with van der Waals surface area (Å²) >= 11 is 0. The molecule has 3 rings (SSSR count). The SMILES string of the molecule is CCC(NC(=O)[C@@]([Si])(CC(C)C)NC(=O)NCc1ccccc1)C(=O)C(=O)NCc1ccc(-n2cccn2)cc1. The van der Waals surface area contributed by atoms with E-state index in [0.717, 1.165) is 16.8 Å². The molecule has 0 bridgehead atoms. The van der Waals surface area contributed by atoms with Crippen LogP contribution in [0.3, 0.4) is 0 Å². The van der Waals surface area contributed by atoms with Crippen molar-refractivity contribution in [3.8, 4) is 5.69 Å². The number of hydrogen-bond acceptors (Lipinski definition) is 5. The molecule has 209 valence electrons. The summed E-state index contributed by atoms with van der Waals surface area (Å²) in [5.41, 5.74) is 2.57. The Bertz CT molecular complexity index is 1280. The molecule has 11 heteroatoms. The lowest BCUT2D eigenvalue weighted by molar-refractivity contribution is -0.140. The number of amides is 4. The summed E-state index contributed by atoms with van der Waals surface area (Å²) in [5, 5.41) is 13.4. The average Bonchev–Trinajstić information content (AvgIpc) is 3.48. The van der Waals surface area contributed by atoms with Gasteiger partial charge in [-0.25, -0.2) is 9.48 Å². The monoisotopic (exact) mass is 559 g/mol. The van der Waals surface area contributed by atoms with Crippen LogP contribution < -0.4 is 21.3 Å². The maximum absolute atomic E-state index is 13.3. The van der Waals surface area contributed by atoms with E-state index in [1.54, 1.807) is 17.8 Å². The zero-order chi connectivity index (χ0) is 29.1. The first-order chi connectivity index (χ1) is 19.1. The molecule has 0 fully saturated rings. The number of nitrogens with one attached hydrogen (secondary N) is 4. The second-order valence-electron chi connectivity index (χ2n) is 9.89. The first-order valence-corrected chi connectivity index (χ1v) is 13.7. The molecule has 4 N–H and O–H groups in total. The van der Waals surface area contributed by atoms with Gasteiger partial charge >= 0.3 is 6.03 Å². The van der Waals surface area contributed by atoms with E-state index in [0.29, 0.717) is 0 Å². The van der Waals surface area contributed by atoms with Crippen molar-refractivity contribution in [3.63, 3.8) is 0 Å². The van der Waals surface area contributed by atoms with E-state index in [-0.39, 0.29) is 31.8 Å². The van der Waals surface area contributed by atoms with Crippen molar-refractivity contribution in [3.05, 3.63) is 84.2 Å². The smallest absolute Gasteiger partial charge is 0.315 e. The molecule has 0 aliphatic heterocycles. The lowest BCUT2D eigenvalue weighted by atomic mass is 10.0. The number of ketones is 1. The lowest BCUT2D eigenvalue weighted by Gasteiger charge is -2.32. The Kier molecular flexibility index (Phi) is 10.8. The van der Waals surface area contributed by atoms with Crippen molar-refractivity contribution < 1.29 is 19.2 Å². The highest BCUT2D eigenvalue weighted by atomic mass is 28.1. The molecule has 3 radical (unpaired) electrons. The van der Waals surface area contributed by atoms with Crippen LogP contribution >= 0.6 is 0 Å². The second-order valence-corrected chi connectivity index (χ2v) is 10.7. The van der Waals surface area contributed by atoms with Gasteiger partial charge in [-0.15, -0.1) is 0 Å². The fourth-order valence-corrected chi connectivity index (χ4v) is 4.67. The minimum absolute atomic E-state index is 0.0245. The fraction of sp³-hybridized carbons (Fsp3) is 0.345. The summed E-state index contributed by atoms with van der Waals surface area (Å²) in [6.07, 6.45) is 3.95. The standard InChI is InChI=1S/C29H35N6O4Si/c1-4-24(25(36)26(37)30-18-22-11-13-23(14-12-22)35-16-8-15-32-35)33-27(38)29(40,17-20(2)3)34-28(39)31-19-21-9-6-5-7-10-21/h5-16,20,24H,4,17-19H2,1-3H3,(H,30,37)(H,33,38)(H2,31,34,39)/t24?,29-/m0/s1. The number of nitrogens with zero attached hydrogens (tertiary/aromatic N) is 2. The van der Waals surface area contributed by atoms with Crippen LogP contribution in [0, 0.1) is 5.92 Å². The van der Waals surface area contributed by atoms with Crippen LogP contribution in [0.15, 0.2) is 73.1 Å². The Morgan fingerprint density at radius 2 is 1.57 bits per heavy atom. The van der Waals surface area contributed by atoms with E-state index < -0.39 is 34.8 Å². The molecular formula is C29H35N6O4Si. The molecule has 0 aliphatic carbocycles. The lowest BCUT2D eigenvalue weighted by Crippen LogP contribution is -2.64. The van der Waals surface area contributed by atoms with Crippen LogP contribution in [0.5, 0.6) is 0 Å². The number of carbonyl (C=O) groups is 4. The van der Waals surface area contributed by atoms with E-state index in [2.05, 4.69) is 36.6 Å². The normalized spacial score (nSPS) is 13.1. The van der Waals surface area contributed by atoms with Gasteiger partial charge < -0.3 is 21.3 Å². The number of rotatable bonds is 13. The molecule has 4 amide bonds. The van der Waals surface area contributed by atoms with Gasteiger partial charge in [0.05, 0.1) is 22.0 Å². The third kappa shape index (κ3) is 8.63. The van der Waals surface area contributed by atoms with Gasteiger partial charge in [0.1, 0.15) is 5.16 Å². The van der Waals surface area contributed by atoms with Crippen molar-refractivity contribution in [1.29, 1.82) is 0 Å². The summed E-state index contributed by atoms with van der Waals surface area (Å²) in [6, 6.07) is 17.0. The molecule has 3 aromatic rings. The van der Waals surface area contributed by atoms with Crippen LogP contribution in [0.25, 0.3) is 5.69 Å². The number of carbonyl (C=O) groups excluding carboxylic acids is 4. The van der Waals surface area contributed by atoms with E-state index in [1.807, 2.05) is 80.7 Å². The van der Waals surface area contributed by atoms with Gasteiger partial charge in [-0.05, 0) is 48.1 Å². The zero-order valence-corrected chi connectivity index (χ0v) is 23.9. The van der Waals surface area contributed by atoms with Gasteiger partial charge in [0, 0.05) is 25.5 Å². The van der Waals surface area contributed by atoms with Gasteiger partial charge in [-0.2, -0.15) is 5.10 Å². The van der Waals surface area contributed by atoms with E-state index >= 15 is 0 Å². The van der Waals surface area contributed by atoms with Crippen LogP contribution in [0.1, 0.15) is 44.7 Å². The van der Waals surface area contributed by atoms with Crippen molar-refractivity contribution in [2.75, 3.05) is 0 Å². The predicted octanol–water partition coefficient (Wildman–Crippen LogP) is 2.36. The summed E-state index contributed by atoms with van der Waals surface area (Å²) in [5.74, 6) is -2.16. The summed E-state index contributed by atoms with van der Waals surface area (Å²) < 4.78 is 1.71. The number of benzene rings is 2. The maximum atomic E-state index is 13.3. The van der Waals surface area contributed by atoms with E-state index in [9.17, 15) is 19.2 Å². The molecule has 40 heavy (non-hydrogen) atoms. The molecule has 0 aliphatic rings. The molecular weight excluding hydrogens is 524 g/mol. The minimum atomic E-state index is -1.49. The first-order valence-electron chi connectivity index (χ1n) is 13.2. The molecule has 1 aromatic heterocycles. The first kappa shape index (κ1) is 30.3. The van der Waals surface area contributed by atoms with Gasteiger partial charge in [0.2, 0.25) is 11.7 Å². The average molecular weight is 560 g/mol. The Morgan fingerprint density at radius 1 is 0.925 bits per heavy atom. The maximum Gasteiger partial charge on any atom is 0.315 e.